The fourth-order valence-electron chi connectivity index (χ4n) is 8.63. The molecule has 0 saturated carbocycles. The minimum absolute atomic E-state index is 0.0284. The van der Waals surface area contributed by atoms with E-state index in [1.165, 1.54) is 167 Å². The van der Waals surface area contributed by atoms with Gasteiger partial charge in [-0.25, -0.2) is 4.57 Å². The second-order valence-electron chi connectivity index (χ2n) is 21.7. The van der Waals surface area contributed by atoms with Gasteiger partial charge in [0, 0.05) is 12.8 Å². The molecule has 10 heteroatoms. The van der Waals surface area contributed by atoms with Crippen LogP contribution in [0.2, 0.25) is 0 Å². The SMILES string of the molecule is CC/C=C\C/C=C\C/C=C\C/C=C\C/C=C\CCCCCCCCCC(=O)OC(COC(=O)CCCCCCCCCCCCCCCCCCCCCCCCCCCC)COP(=O)(O)OCC[N+](C)(C)C. The molecule has 0 spiro atoms. The highest BCUT2D eigenvalue weighted by Gasteiger charge is 2.27. The van der Waals surface area contributed by atoms with E-state index in [4.69, 9.17) is 18.5 Å². The van der Waals surface area contributed by atoms with Crippen molar-refractivity contribution in [2.75, 3.05) is 47.5 Å². The number of quaternary nitrogens is 1. The Morgan fingerprint density at radius 1 is 0.438 bits per heavy atom. The van der Waals surface area contributed by atoms with E-state index in [2.05, 4.69) is 74.6 Å². The molecular formula is C63H117NO8P+. The molecule has 0 aromatic heterocycles. The lowest BCUT2D eigenvalue weighted by Gasteiger charge is -2.24. The summed E-state index contributed by atoms with van der Waals surface area (Å²) < 4.78 is 34.6. The summed E-state index contributed by atoms with van der Waals surface area (Å²) in [5, 5.41) is 0. The molecule has 9 nitrogen and oxygen atoms in total. The van der Waals surface area contributed by atoms with Gasteiger partial charge in [0.25, 0.3) is 0 Å². The molecule has 0 aliphatic rings. The topological polar surface area (TPSA) is 108 Å². The first-order valence-electron chi connectivity index (χ1n) is 30.5. The van der Waals surface area contributed by atoms with E-state index in [9.17, 15) is 19.0 Å². The molecular weight excluding hydrogens is 930 g/mol. The van der Waals surface area contributed by atoms with E-state index < -0.39 is 26.5 Å². The average molecular weight is 1050 g/mol. The molecule has 0 heterocycles. The number of carbonyl (C=O) groups is 2. The number of rotatable bonds is 56. The summed E-state index contributed by atoms with van der Waals surface area (Å²) in [5.74, 6) is -0.800. The Morgan fingerprint density at radius 2 is 0.781 bits per heavy atom. The van der Waals surface area contributed by atoms with E-state index in [-0.39, 0.29) is 32.0 Å². The van der Waals surface area contributed by atoms with Gasteiger partial charge in [-0.05, 0) is 57.8 Å². The third kappa shape index (κ3) is 58.8. The number of unbranched alkanes of at least 4 members (excludes halogenated alkanes) is 32. The molecule has 1 N–H and O–H groups in total. The Bertz CT molecular complexity index is 1420. The Labute approximate surface area is 451 Å². The van der Waals surface area contributed by atoms with Crippen molar-refractivity contribution in [3.8, 4) is 0 Å². The molecule has 0 bridgehead atoms. The van der Waals surface area contributed by atoms with Crippen molar-refractivity contribution in [1.82, 2.24) is 0 Å². The number of allylic oxidation sites excluding steroid dienone is 10. The van der Waals surface area contributed by atoms with Gasteiger partial charge in [0.15, 0.2) is 6.10 Å². The van der Waals surface area contributed by atoms with Gasteiger partial charge < -0.3 is 18.9 Å². The molecule has 0 aliphatic heterocycles. The normalized spacial score (nSPS) is 13.7. The number of ether oxygens (including phenoxy) is 2. The maximum absolute atomic E-state index is 12.8. The number of hydrogen-bond acceptors (Lipinski definition) is 7. The first kappa shape index (κ1) is 70.7. The van der Waals surface area contributed by atoms with Crippen LogP contribution in [0.1, 0.15) is 277 Å². The van der Waals surface area contributed by atoms with Gasteiger partial charge in [0.05, 0.1) is 27.7 Å². The van der Waals surface area contributed by atoms with Crippen LogP contribution in [0.25, 0.3) is 0 Å². The predicted molar refractivity (Wildman–Crippen MR) is 312 cm³/mol. The van der Waals surface area contributed by atoms with E-state index in [1.807, 2.05) is 21.1 Å². The molecule has 0 aromatic carbocycles. The highest BCUT2D eigenvalue weighted by molar-refractivity contribution is 7.47. The number of nitrogens with zero attached hydrogens (tertiary/aromatic N) is 1. The molecule has 0 rings (SSSR count). The molecule has 0 aromatic rings. The lowest BCUT2D eigenvalue weighted by atomic mass is 10.0. The van der Waals surface area contributed by atoms with Crippen LogP contribution in [0.4, 0.5) is 0 Å². The molecule has 0 aliphatic carbocycles. The first-order valence-corrected chi connectivity index (χ1v) is 32.0. The van der Waals surface area contributed by atoms with Crippen LogP contribution in [0, 0.1) is 0 Å². The minimum atomic E-state index is -4.39. The van der Waals surface area contributed by atoms with Crippen LogP contribution in [-0.4, -0.2) is 74.9 Å². The lowest BCUT2D eigenvalue weighted by Crippen LogP contribution is -2.37. The number of hydrogen-bond donors (Lipinski definition) is 1. The summed E-state index contributed by atoms with van der Waals surface area (Å²) in [6, 6.07) is 0. The lowest BCUT2D eigenvalue weighted by molar-refractivity contribution is -0.870. The van der Waals surface area contributed by atoms with Gasteiger partial charge in [0.2, 0.25) is 0 Å². The molecule has 0 fully saturated rings. The van der Waals surface area contributed by atoms with Crippen LogP contribution in [0.15, 0.2) is 60.8 Å². The van der Waals surface area contributed by atoms with E-state index in [0.717, 1.165) is 77.0 Å². The maximum atomic E-state index is 12.8. The summed E-state index contributed by atoms with van der Waals surface area (Å²) >= 11 is 0. The van der Waals surface area contributed by atoms with Crippen molar-refractivity contribution < 1.29 is 42.1 Å². The molecule has 0 radical (unpaired) electrons. The third-order valence-electron chi connectivity index (χ3n) is 13.3. The third-order valence-corrected chi connectivity index (χ3v) is 14.3. The molecule has 0 amide bonds. The van der Waals surface area contributed by atoms with Gasteiger partial charge in [-0.1, -0.05) is 267 Å². The Morgan fingerprint density at radius 3 is 1.16 bits per heavy atom. The number of phosphoric ester groups is 1. The van der Waals surface area contributed by atoms with Gasteiger partial charge in [-0.2, -0.15) is 0 Å². The largest absolute Gasteiger partial charge is 0.472 e. The van der Waals surface area contributed by atoms with Gasteiger partial charge >= 0.3 is 19.8 Å². The summed E-state index contributed by atoms with van der Waals surface area (Å²) in [7, 11) is 1.47. The maximum Gasteiger partial charge on any atom is 0.472 e. The smallest absolute Gasteiger partial charge is 0.462 e. The number of esters is 2. The molecule has 2 atom stereocenters. The van der Waals surface area contributed by atoms with Crippen LogP contribution < -0.4 is 0 Å². The van der Waals surface area contributed by atoms with Crippen LogP contribution in [0.3, 0.4) is 0 Å². The van der Waals surface area contributed by atoms with Crippen molar-refractivity contribution in [1.29, 1.82) is 0 Å². The second kappa shape index (κ2) is 54.5. The van der Waals surface area contributed by atoms with E-state index in [0.29, 0.717) is 17.4 Å². The van der Waals surface area contributed by atoms with Crippen molar-refractivity contribution >= 4 is 19.8 Å². The standard InChI is InChI=1S/C63H116NO8P/c1-6-8-10-12-14-16-18-20-22-24-26-28-30-31-32-34-35-37-39-41-43-45-47-49-51-53-55-62(65)69-59-61(60-71-73(67,68)70-58-57-64(3,4)5)72-63(66)56-54-52-50-48-46-44-42-40-38-36-33-29-27-25-23-21-19-17-15-13-11-9-7-2/h9,11,15,17,21,23,27,29,36,38,61H,6-8,10,12-14,16,18-20,22,24-26,28,30-35,37,39-60H2,1-5H3/p+1/b11-9-,17-15-,23-21-,29-27-,38-36-. The van der Waals surface area contributed by atoms with Crippen LogP contribution in [-0.2, 0) is 32.7 Å². The monoisotopic (exact) mass is 1050 g/mol. The fourth-order valence-corrected chi connectivity index (χ4v) is 9.37. The summed E-state index contributed by atoms with van der Waals surface area (Å²) in [6.45, 7) is 4.34. The highest BCUT2D eigenvalue weighted by atomic mass is 31.2. The number of likely N-dealkylation sites (N-methyl/N-ethyl adjacent to an activating group) is 1. The molecule has 0 saturated heterocycles. The van der Waals surface area contributed by atoms with Gasteiger partial charge in [0.1, 0.15) is 19.8 Å². The van der Waals surface area contributed by atoms with Gasteiger partial charge in [-0.3, -0.25) is 18.6 Å². The zero-order valence-corrected chi connectivity index (χ0v) is 49.3. The van der Waals surface area contributed by atoms with Crippen LogP contribution in [0.5, 0.6) is 0 Å². The van der Waals surface area contributed by atoms with Crippen molar-refractivity contribution in [3.63, 3.8) is 0 Å². The Kier molecular flexibility index (Phi) is 52.8. The van der Waals surface area contributed by atoms with Crippen molar-refractivity contribution in [2.45, 2.75) is 283 Å². The zero-order chi connectivity index (χ0) is 53.5. The van der Waals surface area contributed by atoms with Gasteiger partial charge in [-0.15, -0.1) is 0 Å². The average Bonchev–Trinajstić information content (AvgIpc) is 3.35. The molecule has 73 heavy (non-hydrogen) atoms. The van der Waals surface area contributed by atoms with Crippen molar-refractivity contribution in [2.24, 2.45) is 0 Å². The van der Waals surface area contributed by atoms with E-state index >= 15 is 0 Å². The minimum Gasteiger partial charge on any atom is -0.462 e. The number of carbonyl (C=O) groups excluding carboxylic acids is 2. The van der Waals surface area contributed by atoms with E-state index in [1.54, 1.807) is 0 Å². The Hall–Kier alpha value is -2.29. The predicted octanol–water partition coefficient (Wildman–Crippen LogP) is 19.1. The zero-order valence-electron chi connectivity index (χ0n) is 48.4. The fraction of sp³-hybridized carbons (Fsp3) is 0.810. The second-order valence-corrected chi connectivity index (χ2v) is 23.2. The summed E-state index contributed by atoms with van der Waals surface area (Å²) in [5.41, 5.74) is 0. The number of phosphoric acid groups is 1. The highest BCUT2D eigenvalue weighted by Crippen LogP contribution is 2.43. The Balaban J connectivity index is 4.13. The van der Waals surface area contributed by atoms with Crippen molar-refractivity contribution in [3.05, 3.63) is 60.8 Å². The quantitative estimate of drug-likeness (QED) is 0.0211. The summed E-state index contributed by atoms with van der Waals surface area (Å²) in [6.07, 6.45) is 70.1. The first-order chi connectivity index (χ1) is 35.5. The molecule has 426 valence electrons. The summed E-state index contributed by atoms with van der Waals surface area (Å²) in [4.78, 5) is 35.7. The molecule has 2 unspecified atom stereocenters. The van der Waals surface area contributed by atoms with Crippen LogP contribution >= 0.6 is 7.82 Å².